The second-order valence-electron chi connectivity index (χ2n) is 13.0. The highest BCUT2D eigenvalue weighted by molar-refractivity contribution is 7.99. The number of imidazole rings is 1. The quantitative estimate of drug-likeness (QED) is 0.132. The van der Waals surface area contributed by atoms with Crippen LogP contribution in [0.3, 0.4) is 0 Å². The molecule has 0 unspecified atom stereocenters. The number of hydrogen-bond acceptors (Lipinski definition) is 12. The first-order valence-corrected chi connectivity index (χ1v) is 19.6. The molecule has 2 fully saturated rings. The highest BCUT2D eigenvalue weighted by Crippen LogP contribution is 2.41. The molecule has 0 spiro atoms. The smallest absolute Gasteiger partial charge is 0.269 e. The van der Waals surface area contributed by atoms with Gasteiger partial charge in [0, 0.05) is 66.7 Å². The molecule has 17 heteroatoms. The third kappa shape index (κ3) is 8.48. The molecule has 1 aliphatic carbocycles. The molecule has 2 aliphatic heterocycles. The number of para-hydroxylation sites is 2. The van der Waals surface area contributed by atoms with Crippen molar-refractivity contribution in [2.45, 2.75) is 66.8 Å². The fourth-order valence-corrected chi connectivity index (χ4v) is 9.06. The van der Waals surface area contributed by atoms with E-state index < -0.39 is 43.5 Å². The van der Waals surface area contributed by atoms with Crippen molar-refractivity contribution in [2.24, 2.45) is 7.05 Å². The molecule has 2 aromatic carbocycles. The Morgan fingerprint density at radius 1 is 1.02 bits per heavy atom. The Morgan fingerprint density at radius 2 is 1.71 bits per heavy atom. The van der Waals surface area contributed by atoms with Gasteiger partial charge in [-0.15, -0.1) is 11.8 Å². The number of aliphatic hydroxyl groups excluding tert-OH is 5. The van der Waals surface area contributed by atoms with Crippen molar-refractivity contribution in [1.82, 2.24) is 19.8 Å². The van der Waals surface area contributed by atoms with Gasteiger partial charge in [0.05, 0.1) is 36.3 Å². The summed E-state index contributed by atoms with van der Waals surface area (Å²) in [5.41, 5.74) is 3.91. The SMILES string of the molecule is Cn1c(C(=O)NC[C@H](O)[C@@H](O)[C@H](O)[C@H](O)CO)cnc1SCc1cc(Cl)c(CN2CSC[C@H]2C(=O)N2CCN(C3CC3)c3ccccc32)cc1Cl. The Kier molecular flexibility index (Phi) is 12.4. The summed E-state index contributed by atoms with van der Waals surface area (Å²) < 4.78 is 1.57. The van der Waals surface area contributed by atoms with E-state index >= 15 is 0 Å². The van der Waals surface area contributed by atoms with Gasteiger partial charge in [-0.3, -0.25) is 14.5 Å². The Morgan fingerprint density at radius 3 is 2.43 bits per heavy atom. The van der Waals surface area contributed by atoms with E-state index in [-0.39, 0.29) is 17.6 Å². The molecule has 5 atom stereocenters. The second kappa shape index (κ2) is 16.6. The van der Waals surface area contributed by atoms with Crippen LogP contribution < -0.4 is 15.1 Å². The van der Waals surface area contributed by atoms with Crippen LogP contribution in [0.2, 0.25) is 10.0 Å². The van der Waals surface area contributed by atoms with E-state index in [1.54, 1.807) is 23.4 Å². The lowest BCUT2D eigenvalue weighted by atomic mass is 10.0. The highest BCUT2D eigenvalue weighted by atomic mass is 35.5. The number of aromatic nitrogens is 2. The summed E-state index contributed by atoms with van der Waals surface area (Å²) in [5.74, 6) is 1.34. The minimum atomic E-state index is -1.79. The molecule has 0 radical (unpaired) electrons. The summed E-state index contributed by atoms with van der Waals surface area (Å²) in [4.78, 5) is 37.7. The molecule has 6 N–H and O–H groups in total. The maximum atomic E-state index is 14.0. The van der Waals surface area contributed by atoms with Crippen molar-refractivity contribution in [3.63, 3.8) is 0 Å². The molecule has 13 nitrogen and oxygen atoms in total. The lowest BCUT2D eigenvalue weighted by Crippen LogP contribution is -2.52. The lowest BCUT2D eigenvalue weighted by molar-refractivity contribution is -0.122. The number of carbonyl (C=O) groups is 2. The fourth-order valence-electron chi connectivity index (χ4n) is 6.35. The molecule has 3 aromatic rings. The largest absolute Gasteiger partial charge is 0.394 e. The highest BCUT2D eigenvalue weighted by Gasteiger charge is 2.40. The van der Waals surface area contributed by atoms with Gasteiger partial charge >= 0.3 is 0 Å². The molecule has 51 heavy (non-hydrogen) atoms. The van der Waals surface area contributed by atoms with Gasteiger partial charge in [0.25, 0.3) is 5.91 Å². The number of hydrogen-bond donors (Lipinski definition) is 6. The van der Waals surface area contributed by atoms with Crippen molar-refractivity contribution in [3.8, 4) is 0 Å². The lowest BCUT2D eigenvalue weighted by Gasteiger charge is -2.39. The van der Waals surface area contributed by atoms with Crippen LogP contribution >= 0.6 is 46.7 Å². The summed E-state index contributed by atoms with van der Waals surface area (Å²) in [7, 11) is 1.66. The summed E-state index contributed by atoms with van der Waals surface area (Å²) in [6.07, 6.45) is -3.04. The van der Waals surface area contributed by atoms with Crippen molar-refractivity contribution >= 4 is 69.9 Å². The van der Waals surface area contributed by atoms with E-state index in [0.717, 1.165) is 29.0 Å². The molecule has 6 rings (SSSR count). The van der Waals surface area contributed by atoms with E-state index in [1.807, 2.05) is 35.2 Å². The van der Waals surface area contributed by atoms with Gasteiger partial charge in [-0.1, -0.05) is 47.1 Å². The van der Waals surface area contributed by atoms with E-state index in [2.05, 4.69) is 26.2 Å². The van der Waals surface area contributed by atoms with Crippen LogP contribution in [0.1, 0.15) is 34.5 Å². The summed E-state index contributed by atoms with van der Waals surface area (Å²) in [6, 6.07) is 12.2. The predicted octanol–water partition coefficient (Wildman–Crippen LogP) is 2.08. The van der Waals surface area contributed by atoms with Crippen LogP contribution in [-0.4, -0.2) is 126 Å². The van der Waals surface area contributed by atoms with Crippen molar-refractivity contribution < 1.29 is 35.1 Å². The second-order valence-corrected chi connectivity index (χ2v) is 15.7. The maximum absolute atomic E-state index is 14.0. The van der Waals surface area contributed by atoms with E-state index in [9.17, 15) is 30.0 Å². The number of aliphatic hydroxyl groups is 5. The number of nitrogens with zero attached hydrogens (tertiary/aromatic N) is 5. The van der Waals surface area contributed by atoms with Crippen molar-refractivity contribution in [3.05, 3.63) is 69.5 Å². The average Bonchev–Trinajstić information content (AvgIpc) is 3.77. The Labute approximate surface area is 314 Å². The van der Waals surface area contributed by atoms with Gasteiger partial charge < -0.3 is 45.2 Å². The van der Waals surface area contributed by atoms with Crippen LogP contribution in [0, 0.1) is 0 Å². The van der Waals surface area contributed by atoms with Crippen LogP contribution in [0.15, 0.2) is 47.8 Å². The minimum Gasteiger partial charge on any atom is -0.394 e. The normalized spacial score (nSPS) is 20.2. The number of fused-ring (bicyclic) bond motifs is 1. The van der Waals surface area contributed by atoms with Crippen LogP contribution in [-0.2, 0) is 24.1 Å². The Balaban J connectivity index is 1.05. The van der Waals surface area contributed by atoms with Gasteiger partial charge in [-0.05, 0) is 48.2 Å². The topological polar surface area (TPSA) is 175 Å². The summed E-state index contributed by atoms with van der Waals surface area (Å²) in [5, 5.41) is 52.4. The first kappa shape index (κ1) is 38.2. The summed E-state index contributed by atoms with van der Waals surface area (Å²) in [6.45, 7) is 0.756. The minimum absolute atomic E-state index is 0.103. The molecule has 3 heterocycles. The average molecular weight is 782 g/mol. The number of carbonyl (C=O) groups excluding carboxylic acids is 2. The van der Waals surface area contributed by atoms with E-state index in [1.165, 1.54) is 30.8 Å². The Bertz CT molecular complexity index is 1730. The maximum Gasteiger partial charge on any atom is 0.269 e. The predicted molar refractivity (Wildman–Crippen MR) is 198 cm³/mol. The first-order valence-electron chi connectivity index (χ1n) is 16.7. The molecule has 0 bridgehead atoms. The number of benzene rings is 2. The molecule has 276 valence electrons. The molecule has 1 saturated carbocycles. The van der Waals surface area contributed by atoms with E-state index in [4.69, 9.17) is 28.3 Å². The van der Waals surface area contributed by atoms with Crippen LogP contribution in [0.25, 0.3) is 0 Å². The van der Waals surface area contributed by atoms with Crippen molar-refractivity contribution in [1.29, 1.82) is 0 Å². The number of halogens is 2. The number of thioether (sulfide) groups is 2. The molecule has 3 aliphatic rings. The molecule has 1 aromatic heterocycles. The van der Waals surface area contributed by atoms with Gasteiger partial charge in [-0.2, -0.15) is 0 Å². The number of rotatable bonds is 14. The van der Waals surface area contributed by atoms with E-state index in [0.29, 0.717) is 51.7 Å². The monoisotopic (exact) mass is 780 g/mol. The third-order valence-corrected chi connectivity index (χ3v) is 12.3. The Hall–Kier alpha value is -2.57. The third-order valence-electron chi connectivity index (χ3n) is 9.48. The van der Waals surface area contributed by atoms with Gasteiger partial charge in [0.15, 0.2) is 5.16 Å². The van der Waals surface area contributed by atoms with Crippen LogP contribution in [0.4, 0.5) is 11.4 Å². The molecule has 1 saturated heterocycles. The number of nitrogens with one attached hydrogen (secondary N) is 1. The van der Waals surface area contributed by atoms with Crippen molar-refractivity contribution in [2.75, 3.05) is 47.7 Å². The molecular weight excluding hydrogens is 739 g/mol. The first-order chi connectivity index (χ1) is 24.5. The molecule has 2 amide bonds. The zero-order valence-electron chi connectivity index (χ0n) is 27.9. The zero-order chi connectivity index (χ0) is 36.4. The van der Waals surface area contributed by atoms with Crippen LogP contribution in [0.5, 0.6) is 0 Å². The molecular formula is C34H42Cl2N6O7S2. The fraction of sp³-hybridized carbons (Fsp3) is 0.500. The number of amides is 2. The zero-order valence-corrected chi connectivity index (χ0v) is 31.1. The standard InChI is InChI=1S/C34H42Cl2N6O7S2/c1-39-26(32(48)37-13-28(44)30(46)31(47)29(45)15-43)12-38-34(39)51-16-20-11-22(35)19(10-23(20)36)14-40-18-50-17-27(40)33(49)42-9-8-41(21-6-7-21)24-4-2-3-5-25(24)42/h2-5,10-12,21,27-31,43-47H,6-9,13-18H2,1H3,(H,37,48)/t27-,28-,29+,30+,31+/m0/s1. The van der Waals surface area contributed by atoms with Gasteiger partial charge in [-0.25, -0.2) is 4.98 Å². The number of anilines is 2. The van der Waals surface area contributed by atoms with Gasteiger partial charge in [0.2, 0.25) is 5.91 Å². The van der Waals surface area contributed by atoms with Gasteiger partial charge in [0.1, 0.15) is 24.0 Å². The summed E-state index contributed by atoms with van der Waals surface area (Å²) >= 11 is 16.6.